The fourth-order valence-corrected chi connectivity index (χ4v) is 3.37. The molecular formula is C23H24N8O. The van der Waals surface area contributed by atoms with Crippen LogP contribution in [0.4, 0.5) is 11.6 Å². The monoisotopic (exact) mass is 428 g/mol. The predicted octanol–water partition coefficient (Wildman–Crippen LogP) is 2.95. The Morgan fingerprint density at radius 2 is 1.75 bits per heavy atom. The summed E-state index contributed by atoms with van der Waals surface area (Å²) in [6.45, 7) is 3.80. The molecule has 0 aliphatic carbocycles. The van der Waals surface area contributed by atoms with Gasteiger partial charge in [0.15, 0.2) is 0 Å². The summed E-state index contributed by atoms with van der Waals surface area (Å²) in [5.74, 6) is 0.725. The second kappa shape index (κ2) is 9.34. The minimum absolute atomic E-state index is 0.194. The van der Waals surface area contributed by atoms with E-state index >= 15 is 0 Å². The van der Waals surface area contributed by atoms with Crippen molar-refractivity contribution in [3.63, 3.8) is 0 Å². The van der Waals surface area contributed by atoms with Crippen molar-refractivity contribution in [3.8, 4) is 11.4 Å². The lowest BCUT2D eigenvalue weighted by Crippen LogP contribution is -2.37. The van der Waals surface area contributed by atoms with Crippen molar-refractivity contribution in [1.82, 2.24) is 30.2 Å². The quantitative estimate of drug-likeness (QED) is 0.466. The number of hydrogen-bond acceptors (Lipinski definition) is 7. The Balaban J connectivity index is 1.57. The molecule has 0 saturated heterocycles. The molecule has 2 aromatic heterocycles. The number of aryl methyl sites for hydroxylation is 3. The molecule has 4 rings (SSSR count). The van der Waals surface area contributed by atoms with Gasteiger partial charge in [0, 0.05) is 29.1 Å². The zero-order chi connectivity index (χ0) is 22.5. The lowest BCUT2D eigenvalue weighted by Gasteiger charge is -2.19. The first-order chi connectivity index (χ1) is 15.5. The Morgan fingerprint density at radius 1 is 1.00 bits per heavy atom. The van der Waals surface area contributed by atoms with Gasteiger partial charge in [0.1, 0.15) is 6.04 Å². The highest BCUT2D eigenvalue weighted by Gasteiger charge is 2.21. The molecule has 0 bridgehead atoms. The number of aromatic nitrogens is 6. The van der Waals surface area contributed by atoms with E-state index in [9.17, 15) is 4.79 Å². The van der Waals surface area contributed by atoms with Crippen molar-refractivity contribution in [2.75, 3.05) is 10.6 Å². The van der Waals surface area contributed by atoms with E-state index in [1.54, 1.807) is 7.05 Å². The SMILES string of the molecule is Cc1cc(C)nc(NC(Cc2ccccc2)C(=O)Nc2cccc(-c3nnn(C)n3)c2)n1. The topological polar surface area (TPSA) is 111 Å². The summed E-state index contributed by atoms with van der Waals surface area (Å²) >= 11 is 0. The summed E-state index contributed by atoms with van der Waals surface area (Å²) in [4.78, 5) is 23.5. The van der Waals surface area contributed by atoms with Gasteiger partial charge in [-0.3, -0.25) is 4.79 Å². The largest absolute Gasteiger partial charge is 0.342 e. The van der Waals surface area contributed by atoms with Gasteiger partial charge in [-0.1, -0.05) is 42.5 Å². The Kier molecular flexibility index (Phi) is 6.16. The van der Waals surface area contributed by atoms with E-state index in [1.807, 2.05) is 74.5 Å². The standard InChI is InChI=1S/C23H24N8O/c1-15-12-16(2)25-23(24-15)27-20(13-17-8-5-4-6-9-17)22(32)26-19-11-7-10-18(14-19)21-28-30-31(3)29-21/h4-12,14,20H,13H2,1-3H3,(H,26,32)(H,24,25,27). The molecule has 9 heteroatoms. The fraction of sp³-hybridized carbons (Fsp3) is 0.217. The van der Waals surface area contributed by atoms with Gasteiger partial charge in [-0.2, -0.15) is 4.80 Å². The van der Waals surface area contributed by atoms with E-state index in [2.05, 4.69) is 36.0 Å². The molecule has 0 spiro atoms. The zero-order valence-electron chi connectivity index (χ0n) is 18.1. The van der Waals surface area contributed by atoms with Crippen LogP contribution in [-0.2, 0) is 18.3 Å². The molecule has 4 aromatic rings. The lowest BCUT2D eigenvalue weighted by molar-refractivity contribution is -0.116. The minimum atomic E-state index is -0.572. The number of hydrogen-bond donors (Lipinski definition) is 2. The number of rotatable bonds is 7. The maximum atomic E-state index is 13.3. The van der Waals surface area contributed by atoms with Crippen LogP contribution >= 0.6 is 0 Å². The van der Waals surface area contributed by atoms with Crippen LogP contribution in [0.15, 0.2) is 60.7 Å². The number of nitrogens with one attached hydrogen (secondary N) is 2. The molecule has 2 N–H and O–H groups in total. The average molecular weight is 429 g/mol. The molecule has 9 nitrogen and oxygen atoms in total. The number of amides is 1. The molecule has 0 fully saturated rings. The first-order valence-electron chi connectivity index (χ1n) is 10.2. The van der Waals surface area contributed by atoms with Crippen LogP contribution in [-0.4, -0.2) is 42.1 Å². The number of carbonyl (C=O) groups is 1. The smallest absolute Gasteiger partial charge is 0.247 e. The van der Waals surface area contributed by atoms with Crippen LogP contribution in [0.5, 0.6) is 0 Å². The number of carbonyl (C=O) groups excluding carboxylic acids is 1. The van der Waals surface area contributed by atoms with Crippen molar-refractivity contribution < 1.29 is 4.79 Å². The second-order valence-electron chi connectivity index (χ2n) is 7.53. The average Bonchev–Trinajstić information content (AvgIpc) is 3.20. The molecule has 0 aliphatic rings. The highest BCUT2D eigenvalue weighted by atomic mass is 16.2. The molecule has 32 heavy (non-hydrogen) atoms. The minimum Gasteiger partial charge on any atom is -0.342 e. The zero-order valence-corrected chi connectivity index (χ0v) is 18.1. The number of anilines is 2. The molecule has 1 unspecified atom stereocenters. The van der Waals surface area contributed by atoms with Crippen molar-refractivity contribution in [2.45, 2.75) is 26.3 Å². The van der Waals surface area contributed by atoms with E-state index in [4.69, 9.17) is 0 Å². The van der Waals surface area contributed by atoms with E-state index in [0.29, 0.717) is 23.9 Å². The van der Waals surface area contributed by atoms with Gasteiger partial charge < -0.3 is 10.6 Å². The summed E-state index contributed by atoms with van der Waals surface area (Å²) in [6.07, 6.45) is 0.481. The van der Waals surface area contributed by atoms with Crippen molar-refractivity contribution in [2.24, 2.45) is 7.05 Å². The molecule has 0 radical (unpaired) electrons. The Morgan fingerprint density at radius 3 is 2.44 bits per heavy atom. The summed E-state index contributed by atoms with van der Waals surface area (Å²) in [7, 11) is 1.71. The normalized spacial score (nSPS) is 11.7. The molecule has 2 aromatic carbocycles. The Bertz CT molecular complexity index is 1200. The van der Waals surface area contributed by atoms with Gasteiger partial charge in [0.25, 0.3) is 0 Å². The van der Waals surface area contributed by atoms with E-state index in [1.165, 1.54) is 4.80 Å². The maximum Gasteiger partial charge on any atom is 0.247 e. The molecule has 1 amide bonds. The third-order valence-electron chi connectivity index (χ3n) is 4.78. The fourth-order valence-electron chi connectivity index (χ4n) is 3.37. The maximum absolute atomic E-state index is 13.3. The highest BCUT2D eigenvalue weighted by Crippen LogP contribution is 2.19. The number of nitrogens with zero attached hydrogens (tertiary/aromatic N) is 6. The van der Waals surface area contributed by atoms with Crippen LogP contribution in [0, 0.1) is 13.8 Å². The first-order valence-corrected chi connectivity index (χ1v) is 10.2. The summed E-state index contributed by atoms with van der Waals surface area (Å²) in [5, 5.41) is 18.3. The van der Waals surface area contributed by atoms with Gasteiger partial charge in [0.05, 0.1) is 7.05 Å². The lowest BCUT2D eigenvalue weighted by atomic mass is 10.1. The van der Waals surface area contributed by atoms with Crippen molar-refractivity contribution >= 4 is 17.5 Å². The molecule has 0 aliphatic heterocycles. The van der Waals surface area contributed by atoms with Crippen molar-refractivity contribution in [3.05, 3.63) is 77.6 Å². The van der Waals surface area contributed by atoms with Gasteiger partial charge in [-0.25, -0.2) is 9.97 Å². The first kappa shape index (κ1) is 21.1. The van der Waals surface area contributed by atoms with E-state index < -0.39 is 6.04 Å². The Hall–Kier alpha value is -4.14. The summed E-state index contributed by atoms with van der Waals surface area (Å²) < 4.78 is 0. The van der Waals surface area contributed by atoms with Gasteiger partial charge in [0.2, 0.25) is 17.7 Å². The molecule has 2 heterocycles. The Labute approximate surface area is 185 Å². The number of tetrazole rings is 1. The summed E-state index contributed by atoms with van der Waals surface area (Å²) in [5.41, 5.74) is 4.11. The van der Waals surface area contributed by atoms with Gasteiger partial charge >= 0.3 is 0 Å². The highest BCUT2D eigenvalue weighted by molar-refractivity contribution is 5.97. The molecule has 162 valence electrons. The van der Waals surface area contributed by atoms with Gasteiger partial charge in [-0.05, 0) is 42.8 Å². The van der Waals surface area contributed by atoms with Gasteiger partial charge in [-0.15, -0.1) is 10.2 Å². The van der Waals surface area contributed by atoms with Crippen LogP contribution in [0.2, 0.25) is 0 Å². The number of benzene rings is 2. The second-order valence-corrected chi connectivity index (χ2v) is 7.53. The third-order valence-corrected chi connectivity index (χ3v) is 4.78. The van der Waals surface area contributed by atoms with Crippen LogP contribution in [0.25, 0.3) is 11.4 Å². The molecule has 0 saturated carbocycles. The predicted molar refractivity (Wildman–Crippen MR) is 122 cm³/mol. The van der Waals surface area contributed by atoms with Crippen LogP contribution < -0.4 is 10.6 Å². The van der Waals surface area contributed by atoms with Crippen molar-refractivity contribution in [1.29, 1.82) is 0 Å². The van der Waals surface area contributed by atoms with Crippen LogP contribution in [0.3, 0.4) is 0 Å². The molecular weight excluding hydrogens is 404 g/mol. The summed E-state index contributed by atoms with van der Waals surface area (Å²) in [6, 6.07) is 18.5. The third kappa shape index (κ3) is 5.31. The van der Waals surface area contributed by atoms with Crippen LogP contribution in [0.1, 0.15) is 17.0 Å². The van der Waals surface area contributed by atoms with E-state index in [0.717, 1.165) is 22.5 Å². The molecule has 1 atom stereocenters. The van der Waals surface area contributed by atoms with E-state index in [-0.39, 0.29) is 5.91 Å².